The molecule has 4 aromatic rings. The van der Waals surface area contributed by atoms with E-state index in [9.17, 15) is 33.9 Å². The fourth-order valence-electron chi connectivity index (χ4n) is 13.6. The summed E-state index contributed by atoms with van der Waals surface area (Å²) in [4.78, 5) is 84.1. The van der Waals surface area contributed by atoms with Gasteiger partial charge >= 0.3 is 11.7 Å². The van der Waals surface area contributed by atoms with Gasteiger partial charge in [-0.1, -0.05) is 66.7 Å². The molecule has 2 aliphatic carbocycles. The Morgan fingerprint density at radius 1 is 0.915 bits per heavy atom. The number of anilines is 1. The van der Waals surface area contributed by atoms with Crippen LogP contribution in [-0.4, -0.2) is 110 Å². The number of rotatable bonds is 13. The van der Waals surface area contributed by atoms with Crippen LogP contribution >= 0.6 is 23.2 Å². The van der Waals surface area contributed by atoms with E-state index in [1.807, 2.05) is 24.3 Å². The van der Waals surface area contributed by atoms with E-state index in [4.69, 9.17) is 23.2 Å². The van der Waals surface area contributed by atoms with Crippen LogP contribution in [0.3, 0.4) is 0 Å². The van der Waals surface area contributed by atoms with Gasteiger partial charge in [0, 0.05) is 80.3 Å². The summed E-state index contributed by atoms with van der Waals surface area (Å²) in [6.07, 6.45) is 10.1. The molecule has 5 atom stereocenters. The Kier molecular flexibility index (Phi) is 14.0. The number of aliphatic carboxylic acids is 1. The first kappa shape index (κ1) is 49.4. The number of aromatic nitrogens is 2. The Balaban J connectivity index is 0.777. The summed E-state index contributed by atoms with van der Waals surface area (Å²) in [5.74, 6) is -3.27. The largest absolute Gasteiger partial charge is 0.481 e. The number of imidazole rings is 1. The third-order valence-electron chi connectivity index (χ3n) is 17.0. The van der Waals surface area contributed by atoms with Crippen LogP contribution in [0.2, 0.25) is 10.0 Å². The molecule has 71 heavy (non-hydrogen) atoms. The number of hydrogen-bond donors (Lipinski definition) is 5. The lowest BCUT2D eigenvalue weighted by Gasteiger charge is -2.47. The van der Waals surface area contributed by atoms with Gasteiger partial charge in [-0.15, -0.1) is 0 Å². The van der Waals surface area contributed by atoms with E-state index in [0.29, 0.717) is 41.4 Å². The Morgan fingerprint density at radius 3 is 2.46 bits per heavy atom. The molecule has 10 rings (SSSR count). The summed E-state index contributed by atoms with van der Waals surface area (Å²) < 4.78 is 19.5. The van der Waals surface area contributed by atoms with Crippen LogP contribution < -0.4 is 27.0 Å². The smallest absolute Gasteiger partial charge is 0.329 e. The van der Waals surface area contributed by atoms with E-state index in [2.05, 4.69) is 31.1 Å². The zero-order valence-corrected chi connectivity index (χ0v) is 41.6. The average Bonchev–Trinajstić information content (AvgIpc) is 3.90. The van der Waals surface area contributed by atoms with Gasteiger partial charge in [-0.05, 0) is 124 Å². The zero-order chi connectivity index (χ0) is 49.8. The maximum Gasteiger partial charge on any atom is 0.329 e. The quantitative estimate of drug-likeness (QED) is 0.0918. The molecule has 1 unspecified atom stereocenters. The molecule has 18 heteroatoms. The highest BCUT2D eigenvalue weighted by Gasteiger charge is 2.72. The third-order valence-corrected chi connectivity index (χ3v) is 17.5. The number of hydrogen-bond acceptors (Lipinski definition) is 9. The van der Waals surface area contributed by atoms with Gasteiger partial charge in [0.2, 0.25) is 23.6 Å². The van der Waals surface area contributed by atoms with Crippen molar-refractivity contribution >= 4 is 69.5 Å². The first-order chi connectivity index (χ1) is 34.2. The molecule has 5 fully saturated rings. The van der Waals surface area contributed by atoms with E-state index >= 15 is 4.39 Å². The van der Waals surface area contributed by atoms with E-state index in [1.54, 1.807) is 35.9 Å². The minimum absolute atomic E-state index is 0.0653. The molecule has 5 heterocycles. The number of carbonyl (C=O) groups excluding carboxylic acids is 4. The van der Waals surface area contributed by atoms with E-state index < -0.39 is 46.6 Å². The summed E-state index contributed by atoms with van der Waals surface area (Å²) in [5.41, 5.74) is 1.59. The number of aryl methyl sites for hydroxylation is 2. The van der Waals surface area contributed by atoms with Crippen molar-refractivity contribution in [1.29, 1.82) is 0 Å². The number of nitrogens with one attached hydrogen (secondary N) is 4. The Hall–Kier alpha value is -5.13. The summed E-state index contributed by atoms with van der Waals surface area (Å²) >= 11 is 12.9. The zero-order valence-electron chi connectivity index (χ0n) is 40.1. The summed E-state index contributed by atoms with van der Waals surface area (Å²) in [7, 11) is 1.70. The molecule has 0 radical (unpaired) electrons. The van der Waals surface area contributed by atoms with Crippen LogP contribution in [-0.2, 0) is 42.9 Å². The Bertz CT molecular complexity index is 2820. The van der Waals surface area contributed by atoms with Crippen molar-refractivity contribution in [3.8, 4) is 0 Å². The first-order valence-corrected chi connectivity index (χ1v) is 26.3. The fourth-order valence-corrected chi connectivity index (χ4v) is 13.9. The minimum atomic E-state index is -1.30. The van der Waals surface area contributed by atoms with Gasteiger partial charge in [-0.2, -0.15) is 0 Å². The second kappa shape index (κ2) is 20.1. The number of fused-ring (bicyclic) bond motifs is 4. The number of nitrogens with zero attached hydrogens (tertiary/aromatic N) is 4. The number of benzene rings is 3. The number of carboxylic acid groups (broad SMARTS) is 1. The van der Waals surface area contributed by atoms with Gasteiger partial charge in [0.25, 0.3) is 0 Å². The number of amides is 4. The maximum atomic E-state index is 16.4. The molecular formula is C53H63Cl2FN8O7. The number of piperazine rings is 1. The van der Waals surface area contributed by atoms with E-state index in [1.165, 1.54) is 10.6 Å². The van der Waals surface area contributed by atoms with Crippen LogP contribution in [0.1, 0.15) is 119 Å². The summed E-state index contributed by atoms with van der Waals surface area (Å²) in [6.45, 7) is 4.13. The second-order valence-electron chi connectivity index (χ2n) is 21.1. The van der Waals surface area contributed by atoms with Gasteiger partial charge in [0.05, 0.1) is 22.1 Å². The number of halogens is 3. The van der Waals surface area contributed by atoms with E-state index in [-0.39, 0.29) is 65.3 Å². The highest BCUT2D eigenvalue weighted by atomic mass is 35.5. The molecule has 3 saturated heterocycles. The van der Waals surface area contributed by atoms with Crippen molar-refractivity contribution in [2.75, 3.05) is 38.0 Å². The molecular weight excluding hydrogens is 951 g/mol. The van der Waals surface area contributed by atoms with Gasteiger partial charge in [-0.3, -0.25) is 48.6 Å². The predicted molar refractivity (Wildman–Crippen MR) is 268 cm³/mol. The molecule has 3 aromatic carbocycles. The predicted octanol–water partition coefficient (Wildman–Crippen LogP) is 6.57. The standard InChI is InChI=1S/C53H63Cl2FN8O7/c1-61-42-27-31(12-18-40(42)64(51(61)71)41-19-20-43(65)59-48(41)68)7-6-24-62-25-26-63(35(30-62)16-21-44(66)67)29-32-10-14-34(15-11-32)57-49(69)47-45(36-8-5-9-38(55)46(36)56)53(52(60-47)22-3-2-4-23-52)37-17-13-33(54)28-39(37)58-50(53)70/h5,8-9,12-13,17-18,27-28,32,34-35,41,45,47,60H,2-4,6-7,10-11,14-16,19-26,29-30H2,1H3,(H,57,69)(H,58,70)(H,66,67)(H,59,65,68)/t32?,34?,35-,41?,45-,47+,53+/m0/s1. The van der Waals surface area contributed by atoms with Gasteiger partial charge in [0.15, 0.2) is 0 Å². The van der Waals surface area contributed by atoms with Crippen molar-refractivity contribution in [3.63, 3.8) is 0 Å². The van der Waals surface area contributed by atoms with Crippen LogP contribution in [0.15, 0.2) is 59.4 Å². The second-order valence-corrected chi connectivity index (χ2v) is 21.9. The minimum Gasteiger partial charge on any atom is -0.481 e. The van der Waals surface area contributed by atoms with Crippen molar-refractivity contribution in [1.82, 2.24) is 34.9 Å². The summed E-state index contributed by atoms with van der Waals surface area (Å²) in [6, 6.07) is 14.4. The molecule has 378 valence electrons. The fraction of sp³-hybridized carbons (Fsp3) is 0.547. The molecule has 0 bridgehead atoms. The lowest BCUT2D eigenvalue weighted by molar-refractivity contribution is -0.138. The van der Waals surface area contributed by atoms with Crippen LogP contribution in [0, 0.1) is 11.7 Å². The van der Waals surface area contributed by atoms with Crippen molar-refractivity contribution in [3.05, 3.63) is 97.6 Å². The van der Waals surface area contributed by atoms with E-state index in [0.717, 1.165) is 107 Å². The number of carboxylic acids is 1. The van der Waals surface area contributed by atoms with Crippen molar-refractivity contribution in [2.24, 2.45) is 13.0 Å². The molecule has 4 amide bonds. The molecule has 4 aliphatic heterocycles. The van der Waals surface area contributed by atoms with Crippen molar-refractivity contribution in [2.45, 2.75) is 137 Å². The molecule has 2 spiro atoms. The highest BCUT2D eigenvalue weighted by Crippen LogP contribution is 2.63. The molecule has 15 nitrogen and oxygen atoms in total. The monoisotopic (exact) mass is 1010 g/mol. The van der Waals surface area contributed by atoms with Crippen LogP contribution in [0.5, 0.6) is 0 Å². The van der Waals surface area contributed by atoms with Gasteiger partial charge in [-0.25, -0.2) is 9.18 Å². The lowest BCUT2D eigenvalue weighted by atomic mass is 9.55. The SMILES string of the molecule is Cn1c(=O)n(C2CCC(=O)NC2=O)c2ccc(CCCN3CCN(CC4CCC(NC(=O)[C@@H]5NC6(CCCCC6)[C@@]6(C(=O)Nc7cc(Cl)ccc76)[C@H]5c5cccc(Cl)c5F)CC4)[C@@H](CCC(=O)O)C3)cc21. The summed E-state index contributed by atoms with van der Waals surface area (Å²) in [5, 5.41) is 22.7. The highest BCUT2D eigenvalue weighted by molar-refractivity contribution is 6.31. The normalized spacial score (nSPS) is 27.8. The lowest BCUT2D eigenvalue weighted by Crippen LogP contribution is -2.60. The number of imide groups is 1. The Morgan fingerprint density at radius 2 is 1.70 bits per heavy atom. The van der Waals surface area contributed by atoms with Crippen LogP contribution in [0.4, 0.5) is 10.1 Å². The molecule has 6 aliphatic rings. The molecule has 5 N–H and O–H groups in total. The Labute approximate surface area is 422 Å². The van der Waals surface area contributed by atoms with Crippen molar-refractivity contribution < 1.29 is 33.5 Å². The first-order valence-electron chi connectivity index (χ1n) is 25.5. The molecule has 2 saturated carbocycles. The van der Waals surface area contributed by atoms with Crippen LogP contribution in [0.25, 0.3) is 11.0 Å². The topological polar surface area (TPSA) is 187 Å². The number of piperidine rings is 1. The average molecular weight is 1010 g/mol. The number of carbonyl (C=O) groups is 5. The van der Waals surface area contributed by atoms with Gasteiger partial charge in [0.1, 0.15) is 17.3 Å². The molecule has 1 aromatic heterocycles. The third kappa shape index (κ3) is 9.10. The maximum absolute atomic E-state index is 16.4. The van der Waals surface area contributed by atoms with Gasteiger partial charge < -0.3 is 20.6 Å².